The summed E-state index contributed by atoms with van der Waals surface area (Å²) in [5, 5.41) is 12.3. The van der Waals surface area contributed by atoms with E-state index in [4.69, 9.17) is 16.9 Å². The number of nitriles is 1. The predicted molar refractivity (Wildman–Crippen MR) is 73.5 cm³/mol. The van der Waals surface area contributed by atoms with Crippen molar-refractivity contribution < 1.29 is 4.39 Å². The molecule has 2 rings (SSSR count). The molecule has 0 heterocycles. The van der Waals surface area contributed by atoms with Crippen molar-refractivity contribution in [3.8, 4) is 6.07 Å². The summed E-state index contributed by atoms with van der Waals surface area (Å²) in [7, 11) is 0. The van der Waals surface area contributed by atoms with Crippen LogP contribution < -0.4 is 5.32 Å². The summed E-state index contributed by atoms with van der Waals surface area (Å²) in [5.74, 6) is -0.401. The fourth-order valence-electron chi connectivity index (χ4n) is 1.45. The highest BCUT2D eigenvalue weighted by molar-refractivity contribution is 9.10. The van der Waals surface area contributed by atoms with Gasteiger partial charge in [-0.25, -0.2) is 4.39 Å². The molecule has 0 aliphatic heterocycles. The van der Waals surface area contributed by atoms with E-state index in [1.807, 2.05) is 0 Å². The van der Waals surface area contributed by atoms with Gasteiger partial charge in [-0.05, 0) is 36.4 Å². The topological polar surface area (TPSA) is 35.8 Å². The van der Waals surface area contributed by atoms with Crippen LogP contribution in [0.3, 0.4) is 0 Å². The normalized spacial score (nSPS) is 9.89. The molecule has 0 atom stereocenters. The van der Waals surface area contributed by atoms with Gasteiger partial charge in [0.1, 0.15) is 11.9 Å². The van der Waals surface area contributed by atoms with Crippen molar-refractivity contribution in [3.63, 3.8) is 0 Å². The predicted octanol–water partition coefficient (Wildman–Crippen LogP) is 4.86. The van der Waals surface area contributed by atoms with Crippen molar-refractivity contribution in [2.75, 3.05) is 5.32 Å². The number of rotatable bonds is 2. The van der Waals surface area contributed by atoms with Gasteiger partial charge in [-0.3, -0.25) is 0 Å². The van der Waals surface area contributed by atoms with Crippen molar-refractivity contribution in [1.82, 2.24) is 0 Å². The molecule has 0 radical (unpaired) electrons. The van der Waals surface area contributed by atoms with Gasteiger partial charge in [0.25, 0.3) is 0 Å². The first-order chi connectivity index (χ1) is 8.60. The molecule has 0 saturated carbocycles. The number of nitrogens with zero attached hydrogens (tertiary/aromatic N) is 1. The molecule has 0 aromatic heterocycles. The zero-order valence-corrected chi connectivity index (χ0v) is 11.4. The van der Waals surface area contributed by atoms with Gasteiger partial charge in [0.2, 0.25) is 0 Å². The van der Waals surface area contributed by atoms with Gasteiger partial charge in [-0.1, -0.05) is 27.5 Å². The Hall–Kier alpha value is -1.57. The van der Waals surface area contributed by atoms with Crippen LogP contribution in [0.5, 0.6) is 0 Å². The van der Waals surface area contributed by atoms with Gasteiger partial charge in [0.05, 0.1) is 22.0 Å². The van der Waals surface area contributed by atoms with Crippen LogP contribution in [0.4, 0.5) is 15.8 Å². The van der Waals surface area contributed by atoms with E-state index in [-0.39, 0.29) is 5.02 Å². The molecule has 0 unspecified atom stereocenters. The zero-order valence-electron chi connectivity index (χ0n) is 9.05. The van der Waals surface area contributed by atoms with Crippen LogP contribution in [0.2, 0.25) is 5.02 Å². The third kappa shape index (κ3) is 2.81. The first-order valence-electron chi connectivity index (χ1n) is 5.02. The number of benzene rings is 2. The molecule has 2 aromatic carbocycles. The Morgan fingerprint density at radius 2 is 1.89 bits per heavy atom. The van der Waals surface area contributed by atoms with Crippen molar-refractivity contribution >= 4 is 38.9 Å². The minimum atomic E-state index is -0.401. The van der Waals surface area contributed by atoms with Gasteiger partial charge >= 0.3 is 0 Å². The van der Waals surface area contributed by atoms with Crippen LogP contribution in [-0.4, -0.2) is 0 Å². The maximum atomic E-state index is 12.9. The first-order valence-corrected chi connectivity index (χ1v) is 6.19. The minimum Gasteiger partial charge on any atom is -0.353 e. The summed E-state index contributed by atoms with van der Waals surface area (Å²) in [5.41, 5.74) is 1.65. The molecule has 90 valence electrons. The Labute approximate surface area is 117 Å². The van der Waals surface area contributed by atoms with Crippen molar-refractivity contribution in [2.24, 2.45) is 0 Å². The number of hydrogen-bond acceptors (Lipinski definition) is 2. The Bertz CT molecular complexity index is 637. The van der Waals surface area contributed by atoms with E-state index >= 15 is 0 Å². The van der Waals surface area contributed by atoms with Gasteiger partial charge in [0.15, 0.2) is 0 Å². The number of halogens is 3. The largest absolute Gasteiger partial charge is 0.353 e. The van der Waals surface area contributed by atoms with Crippen LogP contribution in [0.1, 0.15) is 5.56 Å². The molecule has 1 N–H and O–H groups in total. The molecule has 0 amide bonds. The Morgan fingerprint density at radius 1 is 1.17 bits per heavy atom. The third-order valence-electron chi connectivity index (χ3n) is 2.30. The molecule has 2 nitrogen and oxygen atoms in total. The van der Waals surface area contributed by atoms with E-state index in [1.165, 1.54) is 18.2 Å². The SMILES string of the molecule is N#Cc1cc(Br)ccc1Nc1ccc(F)cc1Cl. The highest BCUT2D eigenvalue weighted by atomic mass is 79.9. The second-order valence-electron chi connectivity index (χ2n) is 3.55. The van der Waals surface area contributed by atoms with Crippen molar-refractivity contribution in [3.05, 3.63) is 57.3 Å². The van der Waals surface area contributed by atoms with Crippen LogP contribution >= 0.6 is 27.5 Å². The van der Waals surface area contributed by atoms with Crippen LogP contribution in [0.25, 0.3) is 0 Å². The molecule has 0 spiro atoms. The molecular formula is C13H7BrClFN2. The zero-order chi connectivity index (χ0) is 13.1. The lowest BCUT2D eigenvalue weighted by Crippen LogP contribution is -1.94. The van der Waals surface area contributed by atoms with E-state index in [0.29, 0.717) is 16.9 Å². The quantitative estimate of drug-likeness (QED) is 0.856. The van der Waals surface area contributed by atoms with Gasteiger partial charge in [-0.2, -0.15) is 5.26 Å². The minimum absolute atomic E-state index is 0.266. The summed E-state index contributed by atoms with van der Waals surface area (Å²) in [6, 6.07) is 11.4. The summed E-state index contributed by atoms with van der Waals surface area (Å²) in [4.78, 5) is 0. The number of nitrogens with one attached hydrogen (secondary N) is 1. The maximum absolute atomic E-state index is 12.9. The Morgan fingerprint density at radius 3 is 2.56 bits per heavy atom. The summed E-state index contributed by atoms with van der Waals surface area (Å²) in [6.07, 6.45) is 0. The highest BCUT2D eigenvalue weighted by Gasteiger charge is 2.06. The maximum Gasteiger partial charge on any atom is 0.124 e. The van der Waals surface area contributed by atoms with E-state index in [0.717, 1.165) is 4.47 Å². The molecule has 0 bridgehead atoms. The standard InChI is InChI=1S/C13H7BrClFN2/c14-9-1-3-12(8(5-9)7-17)18-13-4-2-10(16)6-11(13)15/h1-6,18H. The van der Waals surface area contributed by atoms with E-state index in [9.17, 15) is 4.39 Å². The lowest BCUT2D eigenvalue weighted by Gasteiger charge is -2.10. The average Bonchev–Trinajstić information content (AvgIpc) is 2.34. The van der Waals surface area contributed by atoms with Crippen LogP contribution in [0.15, 0.2) is 40.9 Å². The van der Waals surface area contributed by atoms with Gasteiger partial charge in [0, 0.05) is 4.47 Å². The summed E-state index contributed by atoms with van der Waals surface area (Å²) < 4.78 is 13.7. The van der Waals surface area contributed by atoms with Crippen LogP contribution in [-0.2, 0) is 0 Å². The van der Waals surface area contributed by atoms with Gasteiger partial charge in [-0.15, -0.1) is 0 Å². The van der Waals surface area contributed by atoms with E-state index in [1.54, 1.807) is 18.2 Å². The number of anilines is 2. The first kappa shape index (κ1) is 12.9. The second-order valence-corrected chi connectivity index (χ2v) is 4.87. The summed E-state index contributed by atoms with van der Waals surface area (Å²) >= 11 is 9.20. The molecule has 18 heavy (non-hydrogen) atoms. The molecule has 0 aliphatic carbocycles. The lowest BCUT2D eigenvalue weighted by molar-refractivity contribution is 0.628. The average molecular weight is 326 g/mol. The van der Waals surface area contributed by atoms with E-state index < -0.39 is 5.82 Å². The fourth-order valence-corrected chi connectivity index (χ4v) is 2.03. The second kappa shape index (κ2) is 5.38. The molecule has 5 heteroatoms. The molecule has 0 aliphatic rings. The highest BCUT2D eigenvalue weighted by Crippen LogP contribution is 2.28. The molecule has 2 aromatic rings. The lowest BCUT2D eigenvalue weighted by atomic mass is 10.2. The smallest absolute Gasteiger partial charge is 0.124 e. The monoisotopic (exact) mass is 324 g/mol. The van der Waals surface area contributed by atoms with Crippen LogP contribution in [0, 0.1) is 17.1 Å². The Kier molecular flexibility index (Phi) is 3.85. The third-order valence-corrected chi connectivity index (χ3v) is 3.11. The van der Waals surface area contributed by atoms with Gasteiger partial charge < -0.3 is 5.32 Å². The molecule has 0 saturated heterocycles. The number of hydrogen-bond donors (Lipinski definition) is 1. The molecule has 0 fully saturated rings. The van der Waals surface area contributed by atoms with Crippen molar-refractivity contribution in [1.29, 1.82) is 5.26 Å². The molecular weight excluding hydrogens is 319 g/mol. The Balaban J connectivity index is 2.37. The summed E-state index contributed by atoms with van der Waals surface area (Å²) in [6.45, 7) is 0. The fraction of sp³-hybridized carbons (Fsp3) is 0. The van der Waals surface area contributed by atoms with Crippen molar-refractivity contribution in [2.45, 2.75) is 0 Å². The van der Waals surface area contributed by atoms with E-state index in [2.05, 4.69) is 27.3 Å².